The second-order valence-electron chi connectivity index (χ2n) is 5.19. The Morgan fingerprint density at radius 1 is 1.29 bits per heavy atom. The van der Waals surface area contributed by atoms with Crippen molar-refractivity contribution in [3.63, 3.8) is 0 Å². The van der Waals surface area contributed by atoms with E-state index in [0.717, 1.165) is 12.1 Å². The molecule has 1 aromatic heterocycles. The highest BCUT2D eigenvalue weighted by Gasteiger charge is 2.10. The fraction of sp³-hybridized carbons (Fsp3) is 0.412. The summed E-state index contributed by atoms with van der Waals surface area (Å²) in [6, 6.07) is 7.41. The van der Waals surface area contributed by atoms with Crippen LogP contribution in [0.3, 0.4) is 0 Å². The summed E-state index contributed by atoms with van der Waals surface area (Å²) in [4.78, 5) is 16.0. The normalized spacial score (nSPS) is 10.8. The number of rotatable bonds is 10. The number of amides is 1. The van der Waals surface area contributed by atoms with Gasteiger partial charge >= 0.3 is 0 Å². The fourth-order valence-electron chi connectivity index (χ4n) is 2.11. The van der Waals surface area contributed by atoms with Gasteiger partial charge in [0.25, 0.3) is 0 Å². The Labute approximate surface area is 146 Å². The number of nitrogens with zero attached hydrogens (tertiary/aromatic N) is 1. The predicted octanol–water partition coefficient (Wildman–Crippen LogP) is 2.28. The lowest BCUT2D eigenvalue weighted by Crippen LogP contribution is -2.33. The molecule has 0 unspecified atom stereocenters. The average molecular weight is 352 g/mol. The van der Waals surface area contributed by atoms with Crippen LogP contribution in [0.5, 0.6) is 0 Å². The minimum atomic E-state index is -0.0268. The van der Waals surface area contributed by atoms with Crippen LogP contribution in [0.25, 0.3) is 11.3 Å². The Morgan fingerprint density at radius 3 is 2.92 bits per heavy atom. The van der Waals surface area contributed by atoms with Crippen molar-refractivity contribution >= 4 is 17.5 Å². The third-order valence-corrected chi connectivity index (χ3v) is 3.70. The van der Waals surface area contributed by atoms with Crippen molar-refractivity contribution in [2.24, 2.45) is 0 Å². The van der Waals surface area contributed by atoms with Gasteiger partial charge in [0.05, 0.1) is 17.8 Å². The number of carbonyl (C=O) groups is 1. The van der Waals surface area contributed by atoms with Crippen molar-refractivity contribution in [3.05, 3.63) is 41.4 Å². The number of aromatic nitrogens is 1. The largest absolute Gasteiger partial charge is 0.441 e. The molecule has 1 aromatic carbocycles. The van der Waals surface area contributed by atoms with Crippen LogP contribution in [0, 0.1) is 0 Å². The maximum atomic E-state index is 11.8. The molecule has 130 valence electrons. The second-order valence-corrected chi connectivity index (χ2v) is 5.60. The summed E-state index contributed by atoms with van der Waals surface area (Å²) in [5.74, 6) is 1.11. The van der Waals surface area contributed by atoms with Gasteiger partial charge in [-0.3, -0.25) is 4.79 Å². The van der Waals surface area contributed by atoms with Crippen molar-refractivity contribution in [3.8, 4) is 11.3 Å². The minimum Gasteiger partial charge on any atom is -0.441 e. The number of oxazole rings is 1. The SMILES string of the molecule is COCCNCCNC(=O)CCc1ncc(-c2ccccc2Cl)o1. The van der Waals surface area contributed by atoms with E-state index in [1.54, 1.807) is 19.4 Å². The van der Waals surface area contributed by atoms with Crippen LogP contribution < -0.4 is 10.6 Å². The van der Waals surface area contributed by atoms with Gasteiger partial charge in [0.1, 0.15) is 0 Å². The lowest BCUT2D eigenvalue weighted by molar-refractivity contribution is -0.121. The molecular formula is C17H22ClN3O3. The molecule has 24 heavy (non-hydrogen) atoms. The van der Waals surface area contributed by atoms with Gasteiger partial charge in [-0.1, -0.05) is 23.7 Å². The first-order valence-electron chi connectivity index (χ1n) is 7.86. The van der Waals surface area contributed by atoms with Crippen molar-refractivity contribution < 1.29 is 13.9 Å². The number of hydrogen-bond acceptors (Lipinski definition) is 5. The molecule has 2 rings (SSSR count). The van der Waals surface area contributed by atoms with Crippen LogP contribution in [0.15, 0.2) is 34.9 Å². The summed E-state index contributed by atoms with van der Waals surface area (Å²) in [5, 5.41) is 6.61. The van der Waals surface area contributed by atoms with Crippen molar-refractivity contribution in [1.29, 1.82) is 0 Å². The summed E-state index contributed by atoms with van der Waals surface area (Å²) in [6.45, 7) is 2.73. The van der Waals surface area contributed by atoms with E-state index in [2.05, 4.69) is 15.6 Å². The van der Waals surface area contributed by atoms with E-state index in [9.17, 15) is 4.79 Å². The zero-order valence-electron chi connectivity index (χ0n) is 13.7. The number of benzene rings is 1. The highest BCUT2D eigenvalue weighted by molar-refractivity contribution is 6.33. The zero-order chi connectivity index (χ0) is 17.2. The molecule has 2 aromatic rings. The maximum absolute atomic E-state index is 11.8. The predicted molar refractivity (Wildman–Crippen MR) is 93.0 cm³/mol. The van der Waals surface area contributed by atoms with Crippen LogP contribution in [-0.2, 0) is 16.0 Å². The number of methoxy groups -OCH3 is 1. The molecule has 0 spiro atoms. The van der Waals surface area contributed by atoms with Crippen molar-refractivity contribution in [2.75, 3.05) is 33.4 Å². The number of halogens is 1. The molecule has 0 aliphatic heterocycles. The molecule has 7 heteroatoms. The van der Waals surface area contributed by atoms with Crippen molar-refractivity contribution in [2.45, 2.75) is 12.8 Å². The number of ether oxygens (including phenoxy) is 1. The van der Waals surface area contributed by atoms with Gasteiger partial charge in [0.2, 0.25) is 5.91 Å². The standard InChI is InChI=1S/C17H22ClN3O3/c1-23-11-10-19-8-9-20-16(22)6-7-17-21-12-15(24-17)13-4-2-3-5-14(13)18/h2-5,12,19H,6-11H2,1H3,(H,20,22). The van der Waals surface area contributed by atoms with Gasteiger partial charge in [-0.25, -0.2) is 4.98 Å². The molecule has 1 heterocycles. The van der Waals surface area contributed by atoms with Gasteiger partial charge in [0.15, 0.2) is 11.7 Å². The van der Waals surface area contributed by atoms with Gasteiger partial charge in [-0.05, 0) is 12.1 Å². The lowest BCUT2D eigenvalue weighted by atomic mass is 10.2. The molecule has 0 aliphatic carbocycles. The first kappa shape index (κ1) is 18.4. The molecule has 0 radical (unpaired) electrons. The van der Waals surface area contributed by atoms with E-state index in [4.69, 9.17) is 20.8 Å². The summed E-state index contributed by atoms with van der Waals surface area (Å²) in [5.41, 5.74) is 0.796. The molecule has 0 bridgehead atoms. The maximum Gasteiger partial charge on any atom is 0.220 e. The molecule has 0 fully saturated rings. The Bertz CT molecular complexity index is 646. The molecular weight excluding hydrogens is 330 g/mol. The van der Waals surface area contributed by atoms with Crippen LogP contribution in [-0.4, -0.2) is 44.2 Å². The van der Waals surface area contributed by atoms with Gasteiger partial charge in [-0.2, -0.15) is 0 Å². The van der Waals surface area contributed by atoms with E-state index < -0.39 is 0 Å². The van der Waals surface area contributed by atoms with Crippen LogP contribution in [0.1, 0.15) is 12.3 Å². The monoisotopic (exact) mass is 351 g/mol. The average Bonchev–Trinajstić information content (AvgIpc) is 3.05. The topological polar surface area (TPSA) is 76.4 Å². The number of aryl methyl sites for hydroxylation is 1. The van der Waals surface area contributed by atoms with E-state index in [-0.39, 0.29) is 5.91 Å². The molecule has 0 saturated heterocycles. The van der Waals surface area contributed by atoms with Gasteiger partial charge in [0, 0.05) is 45.1 Å². The van der Waals surface area contributed by atoms with Crippen LogP contribution in [0.4, 0.5) is 0 Å². The zero-order valence-corrected chi connectivity index (χ0v) is 14.4. The van der Waals surface area contributed by atoms with Crippen molar-refractivity contribution in [1.82, 2.24) is 15.6 Å². The summed E-state index contributed by atoms with van der Waals surface area (Å²) < 4.78 is 10.6. The highest BCUT2D eigenvalue weighted by atomic mass is 35.5. The quantitative estimate of drug-likeness (QED) is 0.642. The summed E-state index contributed by atoms with van der Waals surface area (Å²) >= 11 is 6.13. The van der Waals surface area contributed by atoms with Gasteiger partial charge in [-0.15, -0.1) is 0 Å². The van der Waals surface area contributed by atoms with E-state index >= 15 is 0 Å². The Balaban J connectivity index is 1.71. The number of carbonyl (C=O) groups excluding carboxylic acids is 1. The van der Waals surface area contributed by atoms with Crippen LogP contribution in [0.2, 0.25) is 5.02 Å². The molecule has 6 nitrogen and oxygen atoms in total. The Kier molecular flexibility index (Phi) is 7.74. The highest BCUT2D eigenvalue weighted by Crippen LogP contribution is 2.28. The lowest BCUT2D eigenvalue weighted by Gasteiger charge is -2.05. The van der Waals surface area contributed by atoms with E-state index in [1.165, 1.54) is 0 Å². The molecule has 1 amide bonds. The summed E-state index contributed by atoms with van der Waals surface area (Å²) in [7, 11) is 1.66. The fourth-order valence-corrected chi connectivity index (χ4v) is 2.34. The first-order valence-corrected chi connectivity index (χ1v) is 8.24. The van der Waals surface area contributed by atoms with Crippen LogP contribution >= 0.6 is 11.6 Å². The third kappa shape index (κ3) is 5.96. The molecule has 0 saturated carbocycles. The minimum absolute atomic E-state index is 0.0268. The number of nitrogens with one attached hydrogen (secondary N) is 2. The molecule has 2 N–H and O–H groups in total. The second kappa shape index (κ2) is 10.1. The number of hydrogen-bond donors (Lipinski definition) is 2. The Morgan fingerprint density at radius 2 is 2.12 bits per heavy atom. The molecule has 0 atom stereocenters. The Hall–Kier alpha value is -1.89. The first-order chi connectivity index (χ1) is 11.7. The smallest absolute Gasteiger partial charge is 0.220 e. The van der Waals surface area contributed by atoms with Gasteiger partial charge < -0.3 is 19.8 Å². The van der Waals surface area contributed by atoms with E-state index in [1.807, 2.05) is 18.2 Å². The summed E-state index contributed by atoms with van der Waals surface area (Å²) in [6.07, 6.45) is 2.42. The van der Waals surface area contributed by atoms with E-state index in [0.29, 0.717) is 49.2 Å². The molecule has 0 aliphatic rings. The third-order valence-electron chi connectivity index (χ3n) is 3.37.